The number of hydrogen-bond donors (Lipinski definition) is 0. The molecule has 0 aliphatic carbocycles. The molecule has 0 bridgehead atoms. The Hall–Kier alpha value is -0.200. The molecule has 0 fully saturated rings. The smallest absolute Gasteiger partial charge is 0.101 e. The number of ether oxygens (including phenoxy) is 1. The van der Waals surface area contributed by atoms with E-state index in [-0.39, 0.29) is 10.2 Å². The van der Waals surface area contributed by atoms with E-state index in [1.54, 1.807) is 11.8 Å². The molecule has 0 aromatic heterocycles. The highest BCUT2D eigenvalue weighted by Gasteiger charge is 2.20. The highest BCUT2D eigenvalue weighted by atomic mass is 32.2. The normalized spacial score (nSPS) is 14.1. The van der Waals surface area contributed by atoms with Crippen molar-refractivity contribution in [1.29, 1.82) is 5.26 Å². The van der Waals surface area contributed by atoms with Crippen LogP contribution in [0.5, 0.6) is 0 Å². The Labute approximate surface area is 72.9 Å². The average molecular weight is 173 g/mol. The molecule has 0 saturated carbocycles. The van der Waals surface area contributed by atoms with Crippen LogP contribution in [0.15, 0.2) is 0 Å². The Balaban J connectivity index is 3.76. The van der Waals surface area contributed by atoms with E-state index in [1.165, 1.54) is 0 Å². The molecule has 1 atom stereocenters. The van der Waals surface area contributed by atoms with Crippen molar-refractivity contribution in [1.82, 2.24) is 0 Å². The van der Waals surface area contributed by atoms with Gasteiger partial charge in [-0.05, 0) is 27.7 Å². The van der Waals surface area contributed by atoms with E-state index < -0.39 is 0 Å². The van der Waals surface area contributed by atoms with Crippen LogP contribution in [-0.2, 0) is 4.74 Å². The zero-order chi connectivity index (χ0) is 8.91. The summed E-state index contributed by atoms with van der Waals surface area (Å²) in [7, 11) is 0. The standard InChI is InChI=1S/C8H15NOS/c1-5-10-7(2)11-8(3,4)6-9/h7H,5H2,1-4H3. The minimum atomic E-state index is -0.339. The van der Waals surface area contributed by atoms with E-state index in [2.05, 4.69) is 6.07 Å². The number of thioether (sulfide) groups is 1. The molecule has 0 aliphatic rings. The molecule has 2 nitrogen and oxygen atoms in total. The van der Waals surface area contributed by atoms with Crippen molar-refractivity contribution >= 4 is 11.8 Å². The highest BCUT2D eigenvalue weighted by molar-refractivity contribution is 8.01. The van der Waals surface area contributed by atoms with Crippen LogP contribution in [0.1, 0.15) is 27.7 Å². The maximum Gasteiger partial charge on any atom is 0.101 e. The summed E-state index contributed by atoms with van der Waals surface area (Å²) >= 11 is 1.54. The van der Waals surface area contributed by atoms with E-state index in [4.69, 9.17) is 10.00 Å². The fourth-order valence-electron chi connectivity index (χ4n) is 0.710. The van der Waals surface area contributed by atoms with Gasteiger partial charge in [0.15, 0.2) is 0 Å². The van der Waals surface area contributed by atoms with Crippen LogP contribution in [0.4, 0.5) is 0 Å². The van der Waals surface area contributed by atoms with Gasteiger partial charge in [0.25, 0.3) is 0 Å². The summed E-state index contributed by atoms with van der Waals surface area (Å²) in [5.74, 6) is 0. The zero-order valence-electron chi connectivity index (χ0n) is 7.55. The van der Waals surface area contributed by atoms with Gasteiger partial charge < -0.3 is 4.74 Å². The van der Waals surface area contributed by atoms with Crippen molar-refractivity contribution in [3.8, 4) is 6.07 Å². The molecule has 0 aliphatic heterocycles. The quantitative estimate of drug-likeness (QED) is 0.612. The van der Waals surface area contributed by atoms with E-state index in [0.29, 0.717) is 6.61 Å². The molecule has 0 aromatic carbocycles. The van der Waals surface area contributed by atoms with Crippen LogP contribution < -0.4 is 0 Å². The van der Waals surface area contributed by atoms with E-state index >= 15 is 0 Å². The van der Waals surface area contributed by atoms with Gasteiger partial charge in [0, 0.05) is 6.61 Å². The largest absolute Gasteiger partial charge is 0.368 e. The number of rotatable bonds is 4. The van der Waals surface area contributed by atoms with Gasteiger partial charge in [-0.15, -0.1) is 11.8 Å². The predicted octanol–water partition coefficient (Wildman–Crippen LogP) is 2.40. The first-order valence-electron chi connectivity index (χ1n) is 3.72. The molecular formula is C8H15NOS. The summed E-state index contributed by atoms with van der Waals surface area (Å²) in [5.41, 5.74) is 0.106. The Kier molecular flexibility index (Phi) is 4.55. The summed E-state index contributed by atoms with van der Waals surface area (Å²) < 4.78 is 4.95. The van der Waals surface area contributed by atoms with Gasteiger partial charge in [-0.3, -0.25) is 0 Å². The lowest BCUT2D eigenvalue weighted by Gasteiger charge is -2.19. The van der Waals surface area contributed by atoms with Gasteiger partial charge in [0.1, 0.15) is 5.44 Å². The molecule has 64 valence electrons. The number of nitriles is 1. The molecule has 0 spiro atoms. The third-order valence-corrected chi connectivity index (χ3v) is 2.28. The van der Waals surface area contributed by atoms with Gasteiger partial charge in [-0.25, -0.2) is 0 Å². The lowest BCUT2D eigenvalue weighted by atomic mass is 10.2. The number of hydrogen-bond acceptors (Lipinski definition) is 3. The van der Waals surface area contributed by atoms with Gasteiger partial charge in [0.2, 0.25) is 0 Å². The average Bonchev–Trinajstić information content (AvgIpc) is 1.87. The molecule has 0 rings (SSSR count). The minimum absolute atomic E-state index is 0.106. The lowest BCUT2D eigenvalue weighted by Crippen LogP contribution is -2.17. The summed E-state index contributed by atoms with van der Waals surface area (Å²) in [5, 5.41) is 8.68. The molecule has 0 heterocycles. The van der Waals surface area contributed by atoms with Crippen LogP contribution in [-0.4, -0.2) is 16.8 Å². The highest BCUT2D eigenvalue weighted by Crippen LogP contribution is 2.28. The fourth-order valence-corrected chi connectivity index (χ4v) is 1.80. The molecule has 0 saturated heterocycles. The Morgan fingerprint density at radius 2 is 2.18 bits per heavy atom. The summed E-state index contributed by atoms with van der Waals surface area (Å²) in [6.45, 7) is 8.42. The van der Waals surface area contributed by atoms with Gasteiger partial charge >= 0.3 is 0 Å². The molecule has 0 amide bonds. The minimum Gasteiger partial charge on any atom is -0.368 e. The Bertz CT molecular complexity index is 151. The maximum atomic E-state index is 8.68. The fraction of sp³-hybridized carbons (Fsp3) is 0.875. The molecule has 0 radical (unpaired) electrons. The Morgan fingerprint density at radius 1 is 1.64 bits per heavy atom. The van der Waals surface area contributed by atoms with Crippen molar-refractivity contribution in [3.05, 3.63) is 0 Å². The van der Waals surface area contributed by atoms with Crippen LogP contribution in [0.25, 0.3) is 0 Å². The maximum absolute atomic E-state index is 8.68. The molecule has 11 heavy (non-hydrogen) atoms. The third kappa shape index (κ3) is 5.11. The third-order valence-electron chi connectivity index (χ3n) is 1.13. The van der Waals surface area contributed by atoms with Crippen LogP contribution >= 0.6 is 11.8 Å². The summed E-state index contributed by atoms with van der Waals surface area (Å²) in [6.07, 6.45) is 0. The molecular weight excluding hydrogens is 158 g/mol. The summed E-state index contributed by atoms with van der Waals surface area (Å²) in [4.78, 5) is 0. The van der Waals surface area contributed by atoms with E-state index in [9.17, 15) is 0 Å². The second kappa shape index (κ2) is 4.63. The topological polar surface area (TPSA) is 33.0 Å². The predicted molar refractivity (Wildman–Crippen MR) is 48.4 cm³/mol. The first-order valence-corrected chi connectivity index (χ1v) is 4.60. The van der Waals surface area contributed by atoms with Gasteiger partial charge in [-0.2, -0.15) is 5.26 Å². The first-order chi connectivity index (χ1) is 5.02. The molecule has 0 N–H and O–H groups in total. The van der Waals surface area contributed by atoms with Crippen LogP contribution in [0.3, 0.4) is 0 Å². The molecule has 3 heteroatoms. The van der Waals surface area contributed by atoms with Crippen molar-refractivity contribution < 1.29 is 4.74 Å². The SMILES string of the molecule is CCOC(C)SC(C)(C)C#N. The van der Waals surface area contributed by atoms with Gasteiger partial charge in [0.05, 0.1) is 10.8 Å². The van der Waals surface area contributed by atoms with E-state index in [1.807, 2.05) is 27.7 Å². The molecule has 1 unspecified atom stereocenters. The van der Waals surface area contributed by atoms with Crippen molar-refractivity contribution in [2.45, 2.75) is 37.9 Å². The monoisotopic (exact) mass is 173 g/mol. The van der Waals surface area contributed by atoms with Gasteiger partial charge in [-0.1, -0.05) is 0 Å². The second-order valence-corrected chi connectivity index (χ2v) is 4.68. The lowest BCUT2D eigenvalue weighted by molar-refractivity contribution is 0.136. The number of nitrogens with zero attached hydrogens (tertiary/aromatic N) is 1. The Morgan fingerprint density at radius 3 is 2.55 bits per heavy atom. The first kappa shape index (κ1) is 10.8. The van der Waals surface area contributed by atoms with E-state index in [0.717, 1.165) is 0 Å². The van der Waals surface area contributed by atoms with Crippen molar-refractivity contribution in [2.24, 2.45) is 0 Å². The van der Waals surface area contributed by atoms with Crippen molar-refractivity contribution in [2.75, 3.05) is 6.61 Å². The zero-order valence-corrected chi connectivity index (χ0v) is 8.36. The summed E-state index contributed by atoms with van der Waals surface area (Å²) in [6, 6.07) is 2.21. The molecule has 0 aromatic rings. The van der Waals surface area contributed by atoms with Crippen molar-refractivity contribution in [3.63, 3.8) is 0 Å². The second-order valence-electron chi connectivity index (χ2n) is 2.76. The van der Waals surface area contributed by atoms with Crippen LogP contribution in [0.2, 0.25) is 0 Å². The van der Waals surface area contributed by atoms with Crippen LogP contribution in [0, 0.1) is 11.3 Å².